The Labute approximate surface area is 102 Å². The first-order chi connectivity index (χ1) is 8.24. The van der Waals surface area contributed by atoms with Crippen LogP contribution in [0.3, 0.4) is 0 Å². The first-order valence-corrected chi connectivity index (χ1v) is 6.35. The molecule has 1 aromatic rings. The summed E-state index contributed by atoms with van der Waals surface area (Å²) in [5.74, 6) is 0.284. The number of ether oxygens (including phenoxy) is 1. The minimum absolute atomic E-state index is 0.284. The molecule has 0 amide bonds. The van der Waals surface area contributed by atoms with Crippen LogP contribution < -0.4 is 0 Å². The summed E-state index contributed by atoms with van der Waals surface area (Å²) in [7, 11) is 1.86. The first-order valence-electron chi connectivity index (χ1n) is 6.35. The van der Waals surface area contributed by atoms with E-state index in [0.29, 0.717) is 18.9 Å². The fourth-order valence-corrected chi connectivity index (χ4v) is 2.24. The average molecular weight is 236 g/mol. The maximum absolute atomic E-state index is 11.8. The molecule has 1 atom stereocenters. The van der Waals surface area contributed by atoms with Crippen LogP contribution in [0.5, 0.6) is 0 Å². The highest BCUT2D eigenvalue weighted by Gasteiger charge is 2.15. The molecule has 1 aromatic heterocycles. The van der Waals surface area contributed by atoms with Crippen molar-refractivity contribution in [1.29, 1.82) is 0 Å². The van der Waals surface area contributed by atoms with Crippen LogP contribution in [0.1, 0.15) is 37.7 Å². The number of aromatic nitrogens is 2. The minimum Gasteiger partial charge on any atom is -0.378 e. The zero-order chi connectivity index (χ0) is 12.1. The largest absolute Gasteiger partial charge is 0.378 e. The summed E-state index contributed by atoms with van der Waals surface area (Å²) in [6.45, 7) is 0.863. The van der Waals surface area contributed by atoms with Crippen LogP contribution in [0, 0.1) is 0 Å². The molecular formula is C13H20N2O2. The number of aryl methyl sites for hydroxylation is 1. The molecule has 94 valence electrons. The molecule has 0 bridgehead atoms. The minimum atomic E-state index is 0.284. The van der Waals surface area contributed by atoms with Crippen molar-refractivity contribution in [3.8, 4) is 0 Å². The van der Waals surface area contributed by atoms with Crippen molar-refractivity contribution in [2.24, 2.45) is 7.05 Å². The van der Waals surface area contributed by atoms with Gasteiger partial charge in [-0.15, -0.1) is 0 Å². The number of Topliss-reactive ketones (excluding diaryl/α,β-unsaturated/α-hetero) is 1. The van der Waals surface area contributed by atoms with Gasteiger partial charge in [-0.05, 0) is 31.2 Å². The average Bonchev–Trinajstić information content (AvgIpc) is 2.73. The molecule has 4 heteroatoms. The van der Waals surface area contributed by atoms with Gasteiger partial charge in [-0.1, -0.05) is 0 Å². The van der Waals surface area contributed by atoms with E-state index in [1.54, 1.807) is 10.9 Å². The molecule has 2 rings (SSSR count). The maximum Gasteiger partial charge on any atom is 0.137 e. The molecule has 1 aliphatic rings. The second-order valence-electron chi connectivity index (χ2n) is 4.76. The van der Waals surface area contributed by atoms with Gasteiger partial charge in [0.2, 0.25) is 0 Å². The molecule has 0 N–H and O–H groups in total. The van der Waals surface area contributed by atoms with E-state index in [4.69, 9.17) is 4.74 Å². The molecule has 1 saturated heterocycles. The normalized spacial score (nSPS) is 20.4. The SMILES string of the molecule is Cn1cc(CC(=O)CCC2CCCCO2)cn1. The molecule has 0 saturated carbocycles. The maximum atomic E-state index is 11.8. The zero-order valence-electron chi connectivity index (χ0n) is 10.4. The molecule has 1 unspecified atom stereocenters. The summed E-state index contributed by atoms with van der Waals surface area (Å²) >= 11 is 0. The number of carbonyl (C=O) groups is 1. The highest BCUT2D eigenvalue weighted by molar-refractivity contribution is 5.80. The molecule has 0 radical (unpaired) electrons. The first kappa shape index (κ1) is 12.3. The summed E-state index contributed by atoms with van der Waals surface area (Å²) in [5, 5.41) is 4.06. The molecule has 1 aliphatic heterocycles. The Morgan fingerprint density at radius 3 is 3.12 bits per heavy atom. The summed E-state index contributed by atoms with van der Waals surface area (Å²) in [5.41, 5.74) is 1.00. The second kappa shape index (κ2) is 5.96. The van der Waals surface area contributed by atoms with Crippen LogP contribution in [0.4, 0.5) is 0 Å². The number of nitrogens with zero attached hydrogens (tertiary/aromatic N) is 2. The van der Waals surface area contributed by atoms with Crippen molar-refractivity contribution in [3.05, 3.63) is 18.0 Å². The third kappa shape index (κ3) is 3.97. The molecular weight excluding hydrogens is 216 g/mol. The van der Waals surface area contributed by atoms with E-state index in [1.165, 1.54) is 12.8 Å². The standard InChI is InChI=1S/C13H20N2O2/c1-15-10-11(9-14-15)8-12(16)5-6-13-4-2-3-7-17-13/h9-10,13H,2-8H2,1H3. The lowest BCUT2D eigenvalue weighted by molar-refractivity contribution is -0.119. The molecule has 0 spiro atoms. The van der Waals surface area contributed by atoms with Gasteiger partial charge in [0.05, 0.1) is 12.3 Å². The highest BCUT2D eigenvalue weighted by Crippen LogP contribution is 2.17. The van der Waals surface area contributed by atoms with Crippen molar-refractivity contribution in [3.63, 3.8) is 0 Å². The Kier molecular flexibility index (Phi) is 4.31. The molecule has 17 heavy (non-hydrogen) atoms. The Bertz CT molecular complexity index is 367. The van der Waals surface area contributed by atoms with Crippen LogP contribution in [-0.4, -0.2) is 28.3 Å². The third-order valence-electron chi connectivity index (χ3n) is 3.18. The molecule has 0 aromatic carbocycles. The van der Waals surface area contributed by atoms with Crippen LogP contribution in [0.2, 0.25) is 0 Å². The second-order valence-corrected chi connectivity index (χ2v) is 4.76. The lowest BCUT2D eigenvalue weighted by atomic mass is 10.0. The van der Waals surface area contributed by atoms with E-state index in [2.05, 4.69) is 5.10 Å². The molecule has 1 fully saturated rings. The van der Waals surface area contributed by atoms with Crippen LogP contribution in [0.15, 0.2) is 12.4 Å². The van der Waals surface area contributed by atoms with Gasteiger partial charge >= 0.3 is 0 Å². The Morgan fingerprint density at radius 1 is 1.59 bits per heavy atom. The number of carbonyl (C=O) groups excluding carboxylic acids is 1. The van der Waals surface area contributed by atoms with Gasteiger partial charge in [0.15, 0.2) is 0 Å². The van der Waals surface area contributed by atoms with E-state index >= 15 is 0 Å². The summed E-state index contributed by atoms with van der Waals surface area (Å²) in [4.78, 5) is 11.8. The number of hydrogen-bond donors (Lipinski definition) is 0. The molecule has 0 aliphatic carbocycles. The van der Waals surface area contributed by atoms with E-state index in [9.17, 15) is 4.79 Å². The van der Waals surface area contributed by atoms with Crippen molar-refractivity contribution in [2.45, 2.75) is 44.6 Å². The van der Waals surface area contributed by atoms with E-state index in [1.807, 2.05) is 13.2 Å². The fraction of sp³-hybridized carbons (Fsp3) is 0.692. The topological polar surface area (TPSA) is 44.1 Å². The quantitative estimate of drug-likeness (QED) is 0.784. The Hall–Kier alpha value is -1.16. The number of ketones is 1. The van der Waals surface area contributed by atoms with Gasteiger partial charge in [-0.2, -0.15) is 5.10 Å². The molecule has 2 heterocycles. The van der Waals surface area contributed by atoms with Crippen molar-refractivity contribution >= 4 is 5.78 Å². The number of hydrogen-bond acceptors (Lipinski definition) is 3. The van der Waals surface area contributed by atoms with Gasteiger partial charge < -0.3 is 4.74 Å². The smallest absolute Gasteiger partial charge is 0.137 e. The van der Waals surface area contributed by atoms with Crippen LogP contribution in [-0.2, 0) is 23.0 Å². The van der Waals surface area contributed by atoms with E-state index in [-0.39, 0.29) is 5.78 Å². The fourth-order valence-electron chi connectivity index (χ4n) is 2.24. The lowest BCUT2D eigenvalue weighted by Gasteiger charge is -2.22. The zero-order valence-corrected chi connectivity index (χ0v) is 10.4. The van der Waals surface area contributed by atoms with Gasteiger partial charge in [-0.3, -0.25) is 9.48 Å². The molecule has 4 nitrogen and oxygen atoms in total. The number of rotatable bonds is 5. The summed E-state index contributed by atoms with van der Waals surface area (Å²) in [6, 6.07) is 0. The van der Waals surface area contributed by atoms with E-state index < -0.39 is 0 Å². The van der Waals surface area contributed by atoms with Crippen molar-refractivity contribution in [2.75, 3.05) is 6.61 Å². The van der Waals surface area contributed by atoms with Gasteiger partial charge in [0, 0.05) is 32.7 Å². The predicted molar refractivity (Wildman–Crippen MR) is 64.7 cm³/mol. The highest BCUT2D eigenvalue weighted by atomic mass is 16.5. The van der Waals surface area contributed by atoms with Crippen LogP contribution >= 0.6 is 0 Å². The van der Waals surface area contributed by atoms with Gasteiger partial charge in [0.1, 0.15) is 5.78 Å². The Balaban J connectivity index is 1.70. The summed E-state index contributed by atoms with van der Waals surface area (Å²) in [6.07, 6.45) is 9.48. The van der Waals surface area contributed by atoms with E-state index in [0.717, 1.165) is 25.0 Å². The van der Waals surface area contributed by atoms with Crippen molar-refractivity contribution < 1.29 is 9.53 Å². The van der Waals surface area contributed by atoms with Gasteiger partial charge in [-0.25, -0.2) is 0 Å². The monoisotopic (exact) mass is 236 g/mol. The van der Waals surface area contributed by atoms with Gasteiger partial charge in [0.25, 0.3) is 0 Å². The lowest BCUT2D eigenvalue weighted by Crippen LogP contribution is -2.20. The predicted octanol–water partition coefficient (Wildman–Crippen LogP) is 1.88. The van der Waals surface area contributed by atoms with Crippen LogP contribution in [0.25, 0.3) is 0 Å². The summed E-state index contributed by atoms with van der Waals surface area (Å²) < 4.78 is 7.34. The third-order valence-corrected chi connectivity index (χ3v) is 3.18. The van der Waals surface area contributed by atoms with Crippen molar-refractivity contribution in [1.82, 2.24) is 9.78 Å². The Morgan fingerprint density at radius 2 is 2.47 bits per heavy atom.